The Balaban J connectivity index is 1.91. The number of halogens is 2. The van der Waals surface area contributed by atoms with Crippen LogP contribution in [0.4, 0.5) is 13.6 Å². The lowest BCUT2D eigenvalue weighted by Crippen LogP contribution is -2.43. The zero-order valence-corrected chi connectivity index (χ0v) is 12.2. The molecule has 1 aromatic carbocycles. The van der Waals surface area contributed by atoms with Gasteiger partial charge in [-0.3, -0.25) is 0 Å². The van der Waals surface area contributed by atoms with Gasteiger partial charge in [0.15, 0.2) is 21.5 Å². The smallest absolute Gasteiger partial charge is 0.315 e. The molecule has 2 rings (SSSR count). The van der Waals surface area contributed by atoms with Crippen LogP contribution in [0.25, 0.3) is 0 Å². The fraction of sp³-hybridized carbons (Fsp3) is 0.462. The Morgan fingerprint density at radius 3 is 2.62 bits per heavy atom. The summed E-state index contributed by atoms with van der Waals surface area (Å²) in [7, 11) is -3.07. The second-order valence-electron chi connectivity index (χ2n) is 5.11. The molecule has 2 atom stereocenters. The van der Waals surface area contributed by atoms with Gasteiger partial charge < -0.3 is 10.6 Å². The van der Waals surface area contributed by atoms with E-state index in [0.29, 0.717) is 12.0 Å². The average Bonchev–Trinajstić information content (AvgIpc) is 2.71. The molecule has 1 heterocycles. The van der Waals surface area contributed by atoms with Gasteiger partial charge in [0, 0.05) is 6.04 Å². The van der Waals surface area contributed by atoms with E-state index in [0.717, 1.165) is 12.1 Å². The monoisotopic (exact) mass is 318 g/mol. The highest BCUT2D eigenvalue weighted by Gasteiger charge is 2.29. The van der Waals surface area contributed by atoms with E-state index in [9.17, 15) is 22.0 Å². The summed E-state index contributed by atoms with van der Waals surface area (Å²) in [4.78, 5) is 11.8. The molecule has 0 spiro atoms. The highest BCUT2D eigenvalue weighted by molar-refractivity contribution is 7.91. The van der Waals surface area contributed by atoms with Gasteiger partial charge in [0.25, 0.3) is 0 Å². The third-order valence-electron chi connectivity index (χ3n) is 3.36. The Morgan fingerprint density at radius 1 is 1.33 bits per heavy atom. The first kappa shape index (κ1) is 15.7. The molecule has 0 aromatic heterocycles. The van der Waals surface area contributed by atoms with Crippen LogP contribution in [0.15, 0.2) is 18.2 Å². The molecular weight excluding hydrogens is 302 g/mol. The normalized spacial score (nSPS) is 21.8. The zero-order valence-electron chi connectivity index (χ0n) is 11.4. The summed E-state index contributed by atoms with van der Waals surface area (Å²) in [6.45, 7) is 1.62. The standard InChI is InChI=1S/C13H16F2N2O3S/c1-8(9-2-3-11(14)12(15)6-9)16-13(18)17-10-4-5-21(19,20)7-10/h2-3,6,8,10H,4-5,7H2,1H3,(H2,16,17,18)/t8-,10+/m1/s1. The first-order valence-electron chi connectivity index (χ1n) is 6.49. The van der Waals surface area contributed by atoms with Crippen LogP contribution in [-0.2, 0) is 9.84 Å². The molecule has 0 unspecified atom stereocenters. The number of benzene rings is 1. The van der Waals surface area contributed by atoms with E-state index >= 15 is 0 Å². The van der Waals surface area contributed by atoms with Crippen LogP contribution in [0.1, 0.15) is 24.9 Å². The van der Waals surface area contributed by atoms with Crippen molar-refractivity contribution in [2.24, 2.45) is 0 Å². The largest absolute Gasteiger partial charge is 0.334 e. The van der Waals surface area contributed by atoms with Crippen molar-refractivity contribution in [3.05, 3.63) is 35.4 Å². The summed E-state index contributed by atoms with van der Waals surface area (Å²) < 4.78 is 48.5. The van der Waals surface area contributed by atoms with Gasteiger partial charge in [0.2, 0.25) is 0 Å². The van der Waals surface area contributed by atoms with Gasteiger partial charge >= 0.3 is 6.03 Å². The molecule has 1 aromatic rings. The van der Waals surface area contributed by atoms with Crippen molar-refractivity contribution in [3.8, 4) is 0 Å². The van der Waals surface area contributed by atoms with E-state index in [-0.39, 0.29) is 11.5 Å². The van der Waals surface area contributed by atoms with Gasteiger partial charge in [-0.05, 0) is 31.0 Å². The molecule has 0 saturated carbocycles. The van der Waals surface area contributed by atoms with E-state index in [1.54, 1.807) is 6.92 Å². The Morgan fingerprint density at radius 2 is 2.05 bits per heavy atom. The molecule has 21 heavy (non-hydrogen) atoms. The van der Waals surface area contributed by atoms with Crippen LogP contribution < -0.4 is 10.6 Å². The molecule has 0 radical (unpaired) electrons. The Hall–Kier alpha value is -1.70. The van der Waals surface area contributed by atoms with Gasteiger partial charge in [0.05, 0.1) is 17.5 Å². The lowest BCUT2D eigenvalue weighted by atomic mass is 10.1. The fourth-order valence-corrected chi connectivity index (χ4v) is 3.87. The maximum atomic E-state index is 13.1. The summed E-state index contributed by atoms with van der Waals surface area (Å²) in [5, 5.41) is 5.13. The number of hydrogen-bond donors (Lipinski definition) is 2. The van der Waals surface area contributed by atoms with Gasteiger partial charge in [0.1, 0.15) is 0 Å². The second kappa shape index (κ2) is 5.97. The number of rotatable bonds is 3. The molecule has 2 N–H and O–H groups in total. The average molecular weight is 318 g/mol. The summed E-state index contributed by atoms with van der Waals surface area (Å²) >= 11 is 0. The maximum Gasteiger partial charge on any atom is 0.315 e. The van der Waals surface area contributed by atoms with E-state index in [1.807, 2.05) is 0 Å². The second-order valence-corrected chi connectivity index (χ2v) is 7.34. The minimum absolute atomic E-state index is 0.0661. The molecule has 1 saturated heterocycles. The van der Waals surface area contributed by atoms with E-state index in [1.165, 1.54) is 6.07 Å². The van der Waals surface area contributed by atoms with E-state index in [2.05, 4.69) is 10.6 Å². The lowest BCUT2D eigenvalue weighted by Gasteiger charge is -2.17. The van der Waals surface area contributed by atoms with Gasteiger partial charge in [-0.1, -0.05) is 6.07 Å². The van der Waals surface area contributed by atoms with Crippen molar-refractivity contribution >= 4 is 15.9 Å². The Kier molecular flexibility index (Phi) is 4.46. The van der Waals surface area contributed by atoms with Gasteiger partial charge in [-0.25, -0.2) is 22.0 Å². The molecule has 1 aliphatic heterocycles. The topological polar surface area (TPSA) is 75.3 Å². The first-order chi connectivity index (χ1) is 9.77. The van der Waals surface area contributed by atoms with Crippen LogP contribution in [0.2, 0.25) is 0 Å². The number of amides is 2. The molecule has 8 heteroatoms. The molecule has 0 bridgehead atoms. The number of urea groups is 1. The molecule has 1 aliphatic rings. The van der Waals surface area contributed by atoms with Crippen LogP contribution >= 0.6 is 0 Å². The molecular formula is C13H16F2N2O3S. The Bertz CT molecular complexity index is 649. The first-order valence-corrected chi connectivity index (χ1v) is 8.31. The lowest BCUT2D eigenvalue weighted by molar-refractivity contribution is 0.235. The predicted octanol–water partition coefficient (Wildman–Crippen LogP) is 1.51. The molecule has 116 valence electrons. The summed E-state index contributed by atoms with van der Waals surface area (Å²) in [5.41, 5.74) is 0.420. The van der Waals surface area contributed by atoms with Crippen molar-refractivity contribution in [1.29, 1.82) is 0 Å². The van der Waals surface area contributed by atoms with Crippen LogP contribution in [-0.4, -0.2) is 32.0 Å². The molecule has 2 amide bonds. The van der Waals surface area contributed by atoms with Crippen molar-refractivity contribution in [2.75, 3.05) is 11.5 Å². The number of carbonyl (C=O) groups excluding carboxylic acids is 1. The SMILES string of the molecule is C[C@@H](NC(=O)N[C@H]1CCS(=O)(=O)C1)c1ccc(F)c(F)c1. The van der Waals surface area contributed by atoms with Crippen LogP contribution in [0, 0.1) is 11.6 Å². The number of hydrogen-bond acceptors (Lipinski definition) is 3. The van der Waals surface area contributed by atoms with Crippen molar-refractivity contribution in [3.63, 3.8) is 0 Å². The van der Waals surface area contributed by atoms with Crippen LogP contribution in [0.3, 0.4) is 0 Å². The van der Waals surface area contributed by atoms with Crippen molar-refractivity contribution < 1.29 is 22.0 Å². The number of nitrogens with one attached hydrogen (secondary N) is 2. The highest BCUT2D eigenvalue weighted by Crippen LogP contribution is 2.16. The Labute approximate surface area is 121 Å². The third-order valence-corrected chi connectivity index (χ3v) is 5.13. The zero-order chi connectivity index (χ0) is 15.6. The summed E-state index contributed by atoms with van der Waals surface area (Å²) in [5.74, 6) is -1.94. The predicted molar refractivity (Wildman–Crippen MR) is 73.5 cm³/mol. The molecule has 1 fully saturated rings. The molecule has 0 aliphatic carbocycles. The van der Waals surface area contributed by atoms with Gasteiger partial charge in [-0.15, -0.1) is 0 Å². The quantitative estimate of drug-likeness (QED) is 0.887. The summed E-state index contributed by atoms with van der Waals surface area (Å²) in [6.07, 6.45) is 0.384. The summed E-state index contributed by atoms with van der Waals surface area (Å²) in [6, 6.07) is 1.91. The minimum Gasteiger partial charge on any atom is -0.334 e. The number of sulfone groups is 1. The van der Waals surface area contributed by atoms with E-state index in [4.69, 9.17) is 0 Å². The van der Waals surface area contributed by atoms with Gasteiger partial charge in [-0.2, -0.15) is 0 Å². The van der Waals surface area contributed by atoms with Crippen molar-refractivity contribution in [1.82, 2.24) is 10.6 Å². The third kappa shape index (κ3) is 4.13. The van der Waals surface area contributed by atoms with Crippen LogP contribution in [0.5, 0.6) is 0 Å². The fourth-order valence-electron chi connectivity index (χ4n) is 2.20. The van der Waals surface area contributed by atoms with E-state index < -0.39 is 39.6 Å². The molecule has 5 nitrogen and oxygen atoms in total. The maximum absolute atomic E-state index is 13.1. The highest BCUT2D eigenvalue weighted by atomic mass is 32.2. The van der Waals surface area contributed by atoms with Crippen molar-refractivity contribution in [2.45, 2.75) is 25.4 Å². The minimum atomic E-state index is -3.07. The number of carbonyl (C=O) groups is 1.